The lowest BCUT2D eigenvalue weighted by Gasteiger charge is -2.14. The Balaban J connectivity index is 3.75. The molecule has 0 aromatic carbocycles. The van der Waals surface area contributed by atoms with Crippen LogP contribution in [0.15, 0.2) is 12.2 Å². The summed E-state index contributed by atoms with van der Waals surface area (Å²) in [7, 11) is 0. The first kappa shape index (κ1) is 19.7. The molecule has 0 nitrogen and oxygen atoms in total. The number of hydrogen-bond acceptors (Lipinski definition) is 0. The van der Waals surface area contributed by atoms with Gasteiger partial charge in [0, 0.05) is 0 Å². The Morgan fingerprint density at radius 2 is 1.55 bits per heavy atom. The summed E-state index contributed by atoms with van der Waals surface area (Å²) in [6.07, 6.45) is 20.4. The Morgan fingerprint density at radius 1 is 0.800 bits per heavy atom. The Hall–Kier alpha value is -0.260. The standard InChI is InChI=1S/C20H38/c1-5-9-11-12-16-20(8-4)18-14-13-17-19(7-3)15-10-6-2/h13,17,19-20H,1-2,5-12,14-16,18H2,3-4H3/b17-13+. The minimum Gasteiger partial charge on any atom is -0.0882 e. The highest BCUT2D eigenvalue weighted by atomic mass is 14.1. The van der Waals surface area contributed by atoms with Gasteiger partial charge in [0.25, 0.3) is 0 Å². The lowest BCUT2D eigenvalue weighted by Crippen LogP contribution is -1.99. The zero-order valence-electron chi connectivity index (χ0n) is 14.2. The minimum absolute atomic E-state index is 0.786. The van der Waals surface area contributed by atoms with Gasteiger partial charge in [0.05, 0.1) is 0 Å². The normalized spacial score (nSPS) is 14.8. The van der Waals surface area contributed by atoms with Crippen molar-refractivity contribution >= 4 is 0 Å². The van der Waals surface area contributed by atoms with Gasteiger partial charge in [-0.2, -0.15) is 0 Å². The quantitative estimate of drug-likeness (QED) is 0.233. The summed E-state index contributed by atoms with van der Waals surface area (Å²) < 4.78 is 0. The second kappa shape index (κ2) is 15.1. The number of unbranched alkanes of at least 4 members (excludes halogenated alkanes) is 4. The average molecular weight is 279 g/mol. The van der Waals surface area contributed by atoms with Gasteiger partial charge in [-0.15, -0.1) is 0 Å². The van der Waals surface area contributed by atoms with Crippen molar-refractivity contribution in [1.82, 2.24) is 0 Å². The predicted molar refractivity (Wildman–Crippen MR) is 93.6 cm³/mol. The van der Waals surface area contributed by atoms with Gasteiger partial charge in [-0.05, 0) is 37.5 Å². The van der Waals surface area contributed by atoms with Gasteiger partial charge >= 0.3 is 0 Å². The van der Waals surface area contributed by atoms with Crippen LogP contribution >= 0.6 is 0 Å². The van der Waals surface area contributed by atoms with Gasteiger partial charge in [-0.1, -0.05) is 91.2 Å². The molecule has 0 saturated heterocycles. The van der Waals surface area contributed by atoms with Crippen molar-refractivity contribution in [3.05, 3.63) is 26.0 Å². The van der Waals surface area contributed by atoms with Gasteiger partial charge in [0.2, 0.25) is 0 Å². The van der Waals surface area contributed by atoms with Crippen LogP contribution in [-0.2, 0) is 0 Å². The molecule has 0 fully saturated rings. The molecule has 0 aromatic heterocycles. The molecule has 2 atom stereocenters. The molecule has 0 rings (SSSR count). The summed E-state index contributed by atoms with van der Waals surface area (Å²) in [6.45, 7) is 12.5. The monoisotopic (exact) mass is 278 g/mol. The summed E-state index contributed by atoms with van der Waals surface area (Å²) in [6, 6.07) is 0. The van der Waals surface area contributed by atoms with Gasteiger partial charge < -0.3 is 0 Å². The lowest BCUT2D eigenvalue weighted by atomic mass is 9.92. The molecule has 20 heavy (non-hydrogen) atoms. The van der Waals surface area contributed by atoms with E-state index in [9.17, 15) is 0 Å². The molecule has 0 aliphatic rings. The molecule has 118 valence electrons. The zero-order valence-corrected chi connectivity index (χ0v) is 14.2. The zero-order chi connectivity index (χ0) is 15.1. The van der Waals surface area contributed by atoms with Crippen molar-refractivity contribution in [1.29, 1.82) is 0 Å². The topological polar surface area (TPSA) is 0 Å². The van der Waals surface area contributed by atoms with Gasteiger partial charge in [-0.25, -0.2) is 0 Å². The minimum atomic E-state index is 0.786. The van der Waals surface area contributed by atoms with E-state index < -0.39 is 0 Å². The van der Waals surface area contributed by atoms with E-state index in [1.54, 1.807) is 0 Å². The largest absolute Gasteiger partial charge is 0.0882 e. The number of rotatable bonds is 14. The fourth-order valence-electron chi connectivity index (χ4n) is 2.80. The van der Waals surface area contributed by atoms with Crippen LogP contribution in [0, 0.1) is 25.7 Å². The van der Waals surface area contributed by atoms with Crippen LogP contribution in [0.25, 0.3) is 0 Å². The highest BCUT2D eigenvalue weighted by molar-refractivity contribution is 4.88. The van der Waals surface area contributed by atoms with E-state index in [0.29, 0.717) is 0 Å². The molecule has 0 aliphatic heterocycles. The van der Waals surface area contributed by atoms with Crippen LogP contribution in [-0.4, -0.2) is 0 Å². The van der Waals surface area contributed by atoms with Crippen LogP contribution in [0.1, 0.15) is 90.9 Å². The summed E-state index contributed by atoms with van der Waals surface area (Å²) >= 11 is 0. The summed E-state index contributed by atoms with van der Waals surface area (Å²) in [5.74, 6) is 1.72. The van der Waals surface area contributed by atoms with Gasteiger partial charge in [0.1, 0.15) is 0 Å². The molecular formula is C20H38. The molecule has 0 heterocycles. The van der Waals surface area contributed by atoms with Crippen LogP contribution in [0.2, 0.25) is 0 Å². The summed E-state index contributed by atoms with van der Waals surface area (Å²) in [5, 5.41) is 0. The first-order valence-corrected chi connectivity index (χ1v) is 9.03. The number of hydrogen-bond donors (Lipinski definition) is 0. The van der Waals surface area contributed by atoms with Crippen molar-refractivity contribution in [2.24, 2.45) is 11.8 Å². The Bertz CT molecular complexity index is 204. The first-order chi connectivity index (χ1) is 9.78. The molecule has 0 spiro atoms. The highest BCUT2D eigenvalue weighted by Gasteiger charge is 2.05. The molecule has 0 aromatic rings. The summed E-state index contributed by atoms with van der Waals surface area (Å²) in [4.78, 5) is 0. The highest BCUT2D eigenvalue weighted by Crippen LogP contribution is 2.20. The van der Waals surface area contributed by atoms with Crippen LogP contribution in [0.4, 0.5) is 0 Å². The van der Waals surface area contributed by atoms with Crippen molar-refractivity contribution < 1.29 is 0 Å². The van der Waals surface area contributed by atoms with Gasteiger partial charge in [0.15, 0.2) is 0 Å². The van der Waals surface area contributed by atoms with Crippen molar-refractivity contribution in [3.63, 3.8) is 0 Å². The van der Waals surface area contributed by atoms with E-state index in [1.165, 1.54) is 64.2 Å². The van der Waals surface area contributed by atoms with E-state index in [0.717, 1.165) is 24.7 Å². The second-order valence-corrected chi connectivity index (χ2v) is 6.15. The molecule has 0 heteroatoms. The molecule has 0 saturated carbocycles. The van der Waals surface area contributed by atoms with E-state index in [-0.39, 0.29) is 0 Å². The third-order valence-electron chi connectivity index (χ3n) is 4.44. The van der Waals surface area contributed by atoms with E-state index in [1.807, 2.05) is 0 Å². The van der Waals surface area contributed by atoms with E-state index in [4.69, 9.17) is 0 Å². The molecule has 0 amide bonds. The maximum atomic E-state index is 3.94. The van der Waals surface area contributed by atoms with Crippen LogP contribution in [0.3, 0.4) is 0 Å². The molecule has 0 aliphatic carbocycles. The maximum absolute atomic E-state index is 3.94. The molecule has 2 unspecified atom stereocenters. The number of allylic oxidation sites excluding steroid dienone is 2. The third kappa shape index (κ3) is 11.6. The first-order valence-electron chi connectivity index (χ1n) is 9.03. The average Bonchev–Trinajstić information content (AvgIpc) is 2.48. The maximum Gasteiger partial charge on any atom is -0.0236 e. The smallest absolute Gasteiger partial charge is 0.0236 e. The molecular weight excluding hydrogens is 240 g/mol. The SMILES string of the molecule is [CH2]CCCCCC(CC)CC/C=C/C(CC)CCC[CH2]. The molecule has 2 radical (unpaired) electrons. The van der Waals surface area contributed by atoms with Crippen molar-refractivity contribution in [3.8, 4) is 0 Å². The fraction of sp³-hybridized carbons (Fsp3) is 0.800. The van der Waals surface area contributed by atoms with Crippen molar-refractivity contribution in [2.45, 2.75) is 90.9 Å². The Kier molecular flexibility index (Phi) is 14.9. The van der Waals surface area contributed by atoms with E-state index >= 15 is 0 Å². The van der Waals surface area contributed by atoms with E-state index in [2.05, 4.69) is 39.8 Å². The molecule has 0 bridgehead atoms. The van der Waals surface area contributed by atoms with Crippen LogP contribution < -0.4 is 0 Å². The predicted octanol–water partition coefficient (Wildman–Crippen LogP) is 7.16. The third-order valence-corrected chi connectivity index (χ3v) is 4.44. The Labute approximate surface area is 129 Å². The van der Waals surface area contributed by atoms with Crippen LogP contribution in [0.5, 0.6) is 0 Å². The fourth-order valence-corrected chi connectivity index (χ4v) is 2.80. The van der Waals surface area contributed by atoms with Crippen molar-refractivity contribution in [2.75, 3.05) is 0 Å². The second-order valence-electron chi connectivity index (χ2n) is 6.15. The Morgan fingerprint density at radius 3 is 2.15 bits per heavy atom. The molecule has 0 N–H and O–H groups in total. The lowest BCUT2D eigenvalue weighted by molar-refractivity contribution is 0.417. The van der Waals surface area contributed by atoms with Gasteiger partial charge in [-0.3, -0.25) is 0 Å². The summed E-state index contributed by atoms with van der Waals surface area (Å²) in [5.41, 5.74) is 0.